The van der Waals surface area contributed by atoms with Crippen LogP contribution < -0.4 is 5.32 Å². The Hall–Kier alpha value is -0.420. The largest absolute Gasteiger partial charge is 0.379 e. The maximum atomic E-state index is 5.49. The molecule has 0 bridgehead atoms. The van der Waals surface area contributed by atoms with Crippen LogP contribution in [0.2, 0.25) is 0 Å². The van der Waals surface area contributed by atoms with Gasteiger partial charge in [0.25, 0.3) is 0 Å². The molecule has 1 N–H and O–H groups in total. The highest BCUT2D eigenvalue weighted by atomic mass is 32.1. The fourth-order valence-corrected chi connectivity index (χ4v) is 3.57. The van der Waals surface area contributed by atoms with Crippen LogP contribution in [0.3, 0.4) is 0 Å². The summed E-state index contributed by atoms with van der Waals surface area (Å²) in [5.41, 5.74) is 0. The fraction of sp³-hybridized carbons (Fsp3) is 0.750. The van der Waals surface area contributed by atoms with Crippen LogP contribution in [-0.4, -0.2) is 44.3 Å². The molecule has 114 valence electrons. The first-order valence-corrected chi connectivity index (χ1v) is 8.57. The maximum Gasteiger partial charge on any atom is 0.0594 e. The van der Waals surface area contributed by atoms with Crippen molar-refractivity contribution in [3.63, 3.8) is 0 Å². The van der Waals surface area contributed by atoms with E-state index < -0.39 is 0 Å². The third-order valence-electron chi connectivity index (χ3n) is 3.81. The van der Waals surface area contributed by atoms with Crippen molar-refractivity contribution < 1.29 is 4.74 Å². The van der Waals surface area contributed by atoms with Gasteiger partial charge in [-0.3, -0.25) is 4.90 Å². The number of aryl methyl sites for hydroxylation is 1. The summed E-state index contributed by atoms with van der Waals surface area (Å²) in [7, 11) is 0. The summed E-state index contributed by atoms with van der Waals surface area (Å²) in [5.74, 6) is 0.772. The average molecular weight is 296 g/mol. The van der Waals surface area contributed by atoms with E-state index in [1.807, 2.05) is 11.3 Å². The molecule has 1 aromatic rings. The molecule has 3 nitrogen and oxygen atoms in total. The topological polar surface area (TPSA) is 24.5 Å². The van der Waals surface area contributed by atoms with E-state index >= 15 is 0 Å². The third kappa shape index (κ3) is 4.85. The third-order valence-corrected chi connectivity index (χ3v) is 4.91. The van der Waals surface area contributed by atoms with E-state index in [2.05, 4.69) is 43.1 Å². The zero-order valence-corrected chi connectivity index (χ0v) is 13.8. The first kappa shape index (κ1) is 16.0. The molecule has 2 rings (SSSR count). The molecule has 0 radical (unpaired) electrons. The molecule has 2 heterocycles. The molecule has 4 heteroatoms. The predicted molar refractivity (Wildman–Crippen MR) is 86.5 cm³/mol. The number of thiophene rings is 1. The first-order valence-electron chi connectivity index (χ1n) is 7.75. The minimum atomic E-state index is 0.504. The summed E-state index contributed by atoms with van der Waals surface area (Å²) in [6, 6.07) is 5.04. The standard InChI is InChI=1S/C16H28N2OS/c1-13(2)6-7-17-12-15(16-5-4-14(3)20-16)18-8-10-19-11-9-18/h4-5,13,15,17H,6-12H2,1-3H3. The molecule has 1 unspecified atom stereocenters. The van der Waals surface area contributed by atoms with Gasteiger partial charge in [0, 0.05) is 29.4 Å². The van der Waals surface area contributed by atoms with Crippen LogP contribution in [0.25, 0.3) is 0 Å². The van der Waals surface area contributed by atoms with Gasteiger partial charge in [-0.25, -0.2) is 0 Å². The van der Waals surface area contributed by atoms with Gasteiger partial charge in [0.1, 0.15) is 0 Å². The van der Waals surface area contributed by atoms with E-state index in [9.17, 15) is 0 Å². The molecule has 0 spiro atoms. The lowest BCUT2D eigenvalue weighted by atomic mass is 10.1. The van der Waals surface area contributed by atoms with Crippen molar-refractivity contribution in [2.24, 2.45) is 5.92 Å². The van der Waals surface area contributed by atoms with Gasteiger partial charge < -0.3 is 10.1 Å². The Balaban J connectivity index is 1.92. The van der Waals surface area contributed by atoms with Crippen LogP contribution in [-0.2, 0) is 4.74 Å². The number of rotatable bonds is 7. The van der Waals surface area contributed by atoms with Gasteiger partial charge in [-0.2, -0.15) is 0 Å². The lowest BCUT2D eigenvalue weighted by Gasteiger charge is -2.34. The molecule has 1 saturated heterocycles. The van der Waals surface area contributed by atoms with Crippen molar-refractivity contribution in [1.82, 2.24) is 10.2 Å². The van der Waals surface area contributed by atoms with Gasteiger partial charge in [-0.05, 0) is 37.9 Å². The highest BCUT2D eigenvalue weighted by molar-refractivity contribution is 7.12. The summed E-state index contributed by atoms with van der Waals surface area (Å²) in [6.45, 7) is 12.8. The van der Waals surface area contributed by atoms with Crippen molar-refractivity contribution in [3.8, 4) is 0 Å². The van der Waals surface area contributed by atoms with Crippen molar-refractivity contribution in [3.05, 3.63) is 21.9 Å². The molecular formula is C16H28N2OS. The lowest BCUT2D eigenvalue weighted by molar-refractivity contribution is 0.0169. The Labute approximate surface area is 127 Å². The van der Waals surface area contributed by atoms with E-state index in [0.717, 1.165) is 45.3 Å². The fourth-order valence-electron chi connectivity index (χ4n) is 2.56. The van der Waals surface area contributed by atoms with Crippen molar-refractivity contribution in [1.29, 1.82) is 0 Å². The van der Waals surface area contributed by atoms with Gasteiger partial charge >= 0.3 is 0 Å². The van der Waals surface area contributed by atoms with Crippen LogP contribution >= 0.6 is 11.3 Å². The Morgan fingerprint density at radius 2 is 2.05 bits per heavy atom. The SMILES string of the molecule is Cc1ccc(C(CNCCC(C)C)N2CCOCC2)s1. The zero-order valence-electron chi connectivity index (χ0n) is 13.0. The predicted octanol–water partition coefficient (Wildman–Crippen LogP) is 3.07. The first-order chi connectivity index (χ1) is 9.66. The van der Waals surface area contributed by atoms with Crippen LogP contribution in [0, 0.1) is 12.8 Å². The minimum Gasteiger partial charge on any atom is -0.379 e. The molecule has 1 aliphatic rings. The van der Waals surface area contributed by atoms with E-state index in [-0.39, 0.29) is 0 Å². The van der Waals surface area contributed by atoms with E-state index in [1.54, 1.807) is 0 Å². The summed E-state index contributed by atoms with van der Waals surface area (Å²) in [6.07, 6.45) is 1.25. The summed E-state index contributed by atoms with van der Waals surface area (Å²) >= 11 is 1.93. The minimum absolute atomic E-state index is 0.504. The molecule has 20 heavy (non-hydrogen) atoms. The molecule has 0 aliphatic carbocycles. The maximum absolute atomic E-state index is 5.49. The van der Waals surface area contributed by atoms with Gasteiger partial charge in [-0.1, -0.05) is 13.8 Å². The Morgan fingerprint density at radius 3 is 2.65 bits per heavy atom. The Kier molecular flexibility index (Phi) is 6.49. The number of hydrogen-bond donors (Lipinski definition) is 1. The molecule has 1 fully saturated rings. The van der Waals surface area contributed by atoms with Crippen LogP contribution in [0.1, 0.15) is 36.1 Å². The lowest BCUT2D eigenvalue weighted by Crippen LogP contribution is -2.42. The van der Waals surface area contributed by atoms with Gasteiger partial charge in [0.15, 0.2) is 0 Å². The van der Waals surface area contributed by atoms with Gasteiger partial charge in [0.05, 0.1) is 19.3 Å². The number of hydrogen-bond acceptors (Lipinski definition) is 4. The number of nitrogens with zero attached hydrogens (tertiary/aromatic N) is 1. The van der Waals surface area contributed by atoms with Crippen LogP contribution in [0.15, 0.2) is 12.1 Å². The van der Waals surface area contributed by atoms with Crippen molar-refractivity contribution in [2.45, 2.75) is 33.2 Å². The van der Waals surface area contributed by atoms with E-state index in [4.69, 9.17) is 4.74 Å². The van der Waals surface area contributed by atoms with Crippen LogP contribution in [0.5, 0.6) is 0 Å². The molecule has 0 saturated carbocycles. The van der Waals surface area contributed by atoms with Gasteiger partial charge in [-0.15, -0.1) is 11.3 Å². The quantitative estimate of drug-likeness (QED) is 0.783. The molecule has 1 atom stereocenters. The van der Waals surface area contributed by atoms with Gasteiger partial charge in [0.2, 0.25) is 0 Å². The molecule has 1 aromatic heterocycles. The number of morpholine rings is 1. The smallest absolute Gasteiger partial charge is 0.0594 e. The second-order valence-corrected chi connectivity index (χ2v) is 7.32. The molecule has 0 aromatic carbocycles. The summed E-state index contributed by atoms with van der Waals surface area (Å²) in [5, 5.41) is 3.65. The molecule has 1 aliphatic heterocycles. The Morgan fingerprint density at radius 1 is 1.30 bits per heavy atom. The zero-order chi connectivity index (χ0) is 14.4. The average Bonchev–Trinajstić information content (AvgIpc) is 2.86. The molecule has 0 amide bonds. The van der Waals surface area contributed by atoms with Crippen LogP contribution in [0.4, 0.5) is 0 Å². The van der Waals surface area contributed by atoms with Crippen molar-refractivity contribution in [2.75, 3.05) is 39.4 Å². The Bertz CT molecular complexity index is 386. The monoisotopic (exact) mass is 296 g/mol. The van der Waals surface area contributed by atoms with E-state index in [1.165, 1.54) is 16.2 Å². The number of ether oxygens (including phenoxy) is 1. The normalized spacial score (nSPS) is 18.6. The molecular weight excluding hydrogens is 268 g/mol. The summed E-state index contributed by atoms with van der Waals surface area (Å²) in [4.78, 5) is 5.46. The van der Waals surface area contributed by atoms with Crippen molar-refractivity contribution >= 4 is 11.3 Å². The summed E-state index contributed by atoms with van der Waals surface area (Å²) < 4.78 is 5.49. The second-order valence-electron chi connectivity index (χ2n) is 6.00. The van der Waals surface area contributed by atoms with E-state index in [0.29, 0.717) is 6.04 Å². The number of nitrogens with one attached hydrogen (secondary N) is 1. The highest BCUT2D eigenvalue weighted by Gasteiger charge is 2.23. The second kappa shape index (κ2) is 8.13. The highest BCUT2D eigenvalue weighted by Crippen LogP contribution is 2.27.